The van der Waals surface area contributed by atoms with Crippen LogP contribution >= 0.6 is 11.6 Å². The standard InChI is InChI=1S/C19H15ClN4O3/c1-13(6-7-14-8-10-16(20)11-9-14)23-27-12-15-4-2-3-5-17(15)24-18(25)21-22-19(24)26/h2-5,8-11H,12H2,1H3,(H,21,25)(H,22,26)/b23-13+. The van der Waals surface area contributed by atoms with E-state index < -0.39 is 11.7 Å². The number of nitrogens with one attached hydrogen (secondary N) is 1. The Kier molecular flexibility index (Phi) is 5.59. The number of aromatic nitrogens is 3. The molecule has 2 N–H and O–H groups in total. The topological polar surface area (TPSA) is 92.5 Å². The van der Waals surface area contributed by atoms with E-state index in [1.807, 2.05) is 12.1 Å². The zero-order valence-electron chi connectivity index (χ0n) is 14.3. The van der Waals surface area contributed by atoms with E-state index in [1.54, 1.807) is 43.3 Å². The summed E-state index contributed by atoms with van der Waals surface area (Å²) in [7, 11) is 0. The predicted molar refractivity (Wildman–Crippen MR) is 102 cm³/mol. The first-order valence-electron chi connectivity index (χ1n) is 7.93. The number of halogens is 1. The average Bonchev–Trinajstić information content (AvgIpc) is 3.00. The van der Waals surface area contributed by atoms with Crippen molar-refractivity contribution in [3.05, 3.63) is 75.2 Å². The normalized spacial score (nSPS) is 11.0. The third-order valence-corrected chi connectivity index (χ3v) is 3.79. The van der Waals surface area contributed by atoms with E-state index in [-0.39, 0.29) is 6.61 Å². The highest BCUT2D eigenvalue weighted by atomic mass is 35.5. The zero-order valence-corrected chi connectivity index (χ0v) is 15.1. The fourth-order valence-corrected chi connectivity index (χ4v) is 2.40. The Hall–Kier alpha value is -3.50. The van der Waals surface area contributed by atoms with Gasteiger partial charge in [0.15, 0.2) is 0 Å². The molecule has 1 aromatic heterocycles. The summed E-state index contributed by atoms with van der Waals surface area (Å²) in [6, 6.07) is 13.7. The lowest BCUT2D eigenvalue weighted by Crippen LogP contribution is -2.16. The summed E-state index contributed by atoms with van der Waals surface area (Å²) in [5.41, 5.74) is 1.86. The molecule has 2 aromatic carbocycles. The lowest BCUT2D eigenvalue weighted by molar-refractivity contribution is 0.130. The minimum Gasteiger partial charge on any atom is -0.479 e. The van der Waals surface area contributed by atoms with Gasteiger partial charge < -0.3 is 9.94 Å². The Morgan fingerprint density at radius 2 is 2.04 bits per heavy atom. The van der Waals surface area contributed by atoms with Gasteiger partial charge in [-0.2, -0.15) is 0 Å². The van der Waals surface area contributed by atoms with E-state index >= 15 is 0 Å². The predicted octanol–water partition coefficient (Wildman–Crippen LogP) is 2.86. The molecule has 0 unspecified atom stereocenters. The maximum absolute atomic E-state index is 11.8. The van der Waals surface area contributed by atoms with Crippen molar-refractivity contribution in [1.29, 1.82) is 0 Å². The molecular formula is C19H15ClN4O3. The SMILES string of the molecule is C/C(C#Cc1ccc(Cl)cc1)=N\OCc1ccccc1-n1c(O)n[nH]c1=O. The summed E-state index contributed by atoms with van der Waals surface area (Å²) in [6.45, 7) is 1.81. The van der Waals surface area contributed by atoms with Crippen LogP contribution in [0, 0.1) is 11.8 Å². The number of aromatic hydroxyl groups is 1. The molecule has 0 aliphatic rings. The molecule has 0 aliphatic carbocycles. The third kappa shape index (κ3) is 4.57. The van der Waals surface area contributed by atoms with Gasteiger partial charge in [-0.25, -0.2) is 14.5 Å². The smallest absolute Gasteiger partial charge is 0.350 e. The second-order valence-corrected chi connectivity index (χ2v) is 5.94. The number of benzene rings is 2. The third-order valence-electron chi connectivity index (χ3n) is 3.54. The number of H-pyrrole nitrogens is 1. The quantitative estimate of drug-likeness (QED) is 0.412. The van der Waals surface area contributed by atoms with Gasteiger partial charge in [-0.15, -0.1) is 5.10 Å². The maximum atomic E-state index is 11.8. The van der Waals surface area contributed by atoms with Crippen LogP contribution in [0.4, 0.5) is 0 Å². The average molecular weight is 383 g/mol. The Bertz CT molecular complexity index is 1090. The van der Waals surface area contributed by atoms with Gasteiger partial charge in [-0.1, -0.05) is 40.9 Å². The molecule has 0 spiro atoms. The van der Waals surface area contributed by atoms with Crippen LogP contribution in [0.2, 0.25) is 5.02 Å². The largest absolute Gasteiger partial charge is 0.479 e. The Morgan fingerprint density at radius 3 is 2.74 bits per heavy atom. The van der Waals surface area contributed by atoms with E-state index in [9.17, 15) is 9.90 Å². The number of hydrogen-bond acceptors (Lipinski definition) is 5. The molecule has 3 aromatic rings. The summed E-state index contributed by atoms with van der Waals surface area (Å²) in [6.07, 6.45) is 0. The molecule has 7 nitrogen and oxygen atoms in total. The molecular weight excluding hydrogens is 368 g/mol. The highest BCUT2D eigenvalue weighted by Gasteiger charge is 2.12. The van der Waals surface area contributed by atoms with Crippen molar-refractivity contribution in [1.82, 2.24) is 14.8 Å². The molecule has 0 bridgehead atoms. The van der Waals surface area contributed by atoms with Crippen molar-refractivity contribution < 1.29 is 9.94 Å². The molecule has 27 heavy (non-hydrogen) atoms. The van der Waals surface area contributed by atoms with Gasteiger partial charge in [0.1, 0.15) is 12.3 Å². The number of aromatic amines is 1. The first-order valence-corrected chi connectivity index (χ1v) is 8.31. The van der Waals surface area contributed by atoms with E-state index in [2.05, 4.69) is 27.2 Å². The molecule has 0 fully saturated rings. The lowest BCUT2D eigenvalue weighted by atomic mass is 10.2. The van der Waals surface area contributed by atoms with E-state index in [0.717, 1.165) is 10.1 Å². The van der Waals surface area contributed by atoms with Crippen LogP contribution in [0.25, 0.3) is 5.69 Å². The van der Waals surface area contributed by atoms with Gasteiger partial charge in [0.25, 0.3) is 0 Å². The minimum atomic E-state index is -0.548. The number of rotatable bonds is 4. The van der Waals surface area contributed by atoms with Crippen LogP contribution in [0.1, 0.15) is 18.1 Å². The maximum Gasteiger partial charge on any atom is 0.350 e. The molecule has 1 heterocycles. The van der Waals surface area contributed by atoms with Gasteiger partial charge in [0.2, 0.25) is 0 Å². The molecule has 0 amide bonds. The number of para-hydroxylation sites is 1. The van der Waals surface area contributed by atoms with Crippen molar-refractivity contribution in [2.45, 2.75) is 13.5 Å². The van der Waals surface area contributed by atoms with Crippen LogP contribution in [0.5, 0.6) is 6.01 Å². The van der Waals surface area contributed by atoms with Crippen LogP contribution in [-0.4, -0.2) is 25.6 Å². The minimum absolute atomic E-state index is 0.0905. The number of oxime groups is 1. The Morgan fingerprint density at radius 1 is 1.30 bits per heavy atom. The molecule has 0 saturated heterocycles. The van der Waals surface area contributed by atoms with E-state index in [0.29, 0.717) is 22.0 Å². The monoisotopic (exact) mass is 382 g/mol. The van der Waals surface area contributed by atoms with Crippen molar-refractivity contribution in [2.75, 3.05) is 0 Å². The van der Waals surface area contributed by atoms with Crippen LogP contribution in [-0.2, 0) is 11.4 Å². The Balaban J connectivity index is 1.72. The molecule has 0 aliphatic heterocycles. The number of nitrogens with zero attached hydrogens (tertiary/aromatic N) is 3. The van der Waals surface area contributed by atoms with Crippen molar-refractivity contribution >= 4 is 17.3 Å². The molecule has 8 heteroatoms. The van der Waals surface area contributed by atoms with Crippen LogP contribution in [0.3, 0.4) is 0 Å². The lowest BCUT2D eigenvalue weighted by Gasteiger charge is -2.08. The van der Waals surface area contributed by atoms with Gasteiger partial charge >= 0.3 is 11.7 Å². The zero-order chi connectivity index (χ0) is 19.2. The first kappa shape index (κ1) is 18.3. The molecule has 136 valence electrons. The summed E-state index contributed by atoms with van der Waals surface area (Å²) in [5, 5.41) is 20.0. The van der Waals surface area contributed by atoms with Gasteiger partial charge in [-0.05, 0) is 43.2 Å². The molecule has 3 rings (SSSR count). The van der Waals surface area contributed by atoms with Gasteiger partial charge in [0, 0.05) is 16.1 Å². The highest BCUT2D eigenvalue weighted by molar-refractivity contribution is 6.30. The second-order valence-electron chi connectivity index (χ2n) is 5.50. The summed E-state index contributed by atoms with van der Waals surface area (Å²) < 4.78 is 1.05. The van der Waals surface area contributed by atoms with Crippen molar-refractivity contribution in [3.8, 4) is 23.5 Å². The summed E-state index contributed by atoms with van der Waals surface area (Å²) in [4.78, 5) is 17.1. The summed E-state index contributed by atoms with van der Waals surface area (Å²) >= 11 is 5.84. The molecule has 0 radical (unpaired) electrons. The number of hydrogen-bond donors (Lipinski definition) is 2. The Labute approximate surface area is 159 Å². The van der Waals surface area contributed by atoms with Crippen molar-refractivity contribution in [2.24, 2.45) is 5.16 Å². The van der Waals surface area contributed by atoms with E-state index in [4.69, 9.17) is 16.4 Å². The van der Waals surface area contributed by atoms with Crippen molar-refractivity contribution in [3.63, 3.8) is 0 Å². The molecule has 0 atom stereocenters. The van der Waals surface area contributed by atoms with Gasteiger partial charge in [-0.3, -0.25) is 0 Å². The summed E-state index contributed by atoms with van der Waals surface area (Å²) in [5.74, 6) is 5.85. The fraction of sp³-hybridized carbons (Fsp3) is 0.105. The van der Waals surface area contributed by atoms with Gasteiger partial charge in [0.05, 0.1) is 5.69 Å². The molecule has 0 saturated carbocycles. The fourth-order valence-electron chi connectivity index (χ4n) is 2.27. The van der Waals surface area contributed by atoms with E-state index in [1.165, 1.54) is 0 Å². The second kappa shape index (κ2) is 8.25. The van der Waals surface area contributed by atoms with Crippen LogP contribution in [0.15, 0.2) is 58.5 Å². The highest BCUT2D eigenvalue weighted by Crippen LogP contribution is 2.17. The first-order chi connectivity index (χ1) is 13.0. The van der Waals surface area contributed by atoms with Crippen LogP contribution < -0.4 is 5.69 Å².